The molecule has 108 valence electrons. The number of hydrogen-bond donors (Lipinski definition) is 0. The topological polar surface area (TPSA) is 74.1 Å². The number of halogens is 3. The van der Waals surface area contributed by atoms with Gasteiger partial charge in [0.05, 0.1) is 11.3 Å². The summed E-state index contributed by atoms with van der Waals surface area (Å²) in [6, 6.07) is 4.28. The van der Waals surface area contributed by atoms with Crippen molar-refractivity contribution in [1.82, 2.24) is 14.8 Å². The number of aromatic nitrogens is 3. The summed E-state index contributed by atoms with van der Waals surface area (Å²) in [5.74, 6) is -0.677. The maximum Gasteiger partial charge on any atom is 0.534 e. The van der Waals surface area contributed by atoms with E-state index in [1.165, 1.54) is 22.9 Å². The third-order valence-corrected chi connectivity index (χ3v) is 3.18. The number of pyridine rings is 1. The molecular formula is C10H8F3N3O3S. The van der Waals surface area contributed by atoms with Crippen LogP contribution in [0.25, 0.3) is 11.3 Å². The first-order valence-electron chi connectivity index (χ1n) is 5.16. The maximum absolute atomic E-state index is 12.3. The van der Waals surface area contributed by atoms with E-state index in [1.54, 1.807) is 13.2 Å². The van der Waals surface area contributed by atoms with Crippen LogP contribution in [0.3, 0.4) is 0 Å². The van der Waals surface area contributed by atoms with Crippen molar-refractivity contribution in [2.75, 3.05) is 0 Å². The normalized spacial score (nSPS) is 12.4. The highest BCUT2D eigenvalue weighted by Gasteiger charge is 2.49. The molecule has 0 unspecified atom stereocenters. The van der Waals surface area contributed by atoms with E-state index in [0.29, 0.717) is 0 Å². The zero-order chi connectivity index (χ0) is 15.0. The molecule has 6 nitrogen and oxygen atoms in total. The van der Waals surface area contributed by atoms with Gasteiger partial charge < -0.3 is 4.18 Å². The lowest BCUT2D eigenvalue weighted by Gasteiger charge is -2.10. The van der Waals surface area contributed by atoms with Gasteiger partial charge in [0.15, 0.2) is 0 Å². The molecule has 2 heterocycles. The van der Waals surface area contributed by atoms with E-state index < -0.39 is 21.5 Å². The zero-order valence-electron chi connectivity index (χ0n) is 10.00. The van der Waals surface area contributed by atoms with Gasteiger partial charge in [-0.25, -0.2) is 4.98 Å². The minimum absolute atomic E-state index is 0.0425. The van der Waals surface area contributed by atoms with Crippen molar-refractivity contribution in [2.45, 2.75) is 5.51 Å². The zero-order valence-corrected chi connectivity index (χ0v) is 10.8. The molecule has 0 saturated heterocycles. The lowest BCUT2D eigenvalue weighted by molar-refractivity contribution is -0.0501. The van der Waals surface area contributed by atoms with Crippen LogP contribution in [-0.4, -0.2) is 28.7 Å². The Kier molecular flexibility index (Phi) is 3.42. The van der Waals surface area contributed by atoms with Crippen LogP contribution < -0.4 is 4.18 Å². The molecule has 0 atom stereocenters. The van der Waals surface area contributed by atoms with Crippen LogP contribution in [0.1, 0.15) is 0 Å². The van der Waals surface area contributed by atoms with Crippen molar-refractivity contribution >= 4 is 10.1 Å². The first-order valence-corrected chi connectivity index (χ1v) is 6.57. The van der Waals surface area contributed by atoms with E-state index in [1.807, 2.05) is 0 Å². The molecule has 0 N–H and O–H groups in total. The molecule has 0 saturated carbocycles. The Balaban J connectivity index is 2.45. The maximum atomic E-state index is 12.3. The highest BCUT2D eigenvalue weighted by atomic mass is 32.2. The van der Waals surface area contributed by atoms with E-state index in [2.05, 4.69) is 14.3 Å². The lowest BCUT2D eigenvalue weighted by Crippen LogP contribution is -2.28. The van der Waals surface area contributed by atoms with Gasteiger partial charge in [-0.2, -0.15) is 26.7 Å². The Morgan fingerprint density at radius 1 is 1.30 bits per heavy atom. The summed E-state index contributed by atoms with van der Waals surface area (Å²) in [5.41, 5.74) is -5.24. The van der Waals surface area contributed by atoms with Crippen LogP contribution in [0.4, 0.5) is 13.2 Å². The van der Waals surface area contributed by atoms with Crippen LogP contribution >= 0.6 is 0 Å². The van der Waals surface area contributed by atoms with Crippen LogP contribution in [0.2, 0.25) is 0 Å². The number of aryl methyl sites for hydroxylation is 1. The Morgan fingerprint density at radius 3 is 2.55 bits per heavy atom. The van der Waals surface area contributed by atoms with Gasteiger partial charge in [0.2, 0.25) is 5.88 Å². The molecule has 0 amide bonds. The Labute approximate surface area is 111 Å². The average molecular weight is 307 g/mol. The fraction of sp³-hybridized carbons (Fsp3) is 0.200. The molecule has 2 rings (SSSR count). The van der Waals surface area contributed by atoms with Crippen molar-refractivity contribution in [2.24, 2.45) is 7.05 Å². The average Bonchev–Trinajstić information content (AvgIpc) is 2.74. The van der Waals surface area contributed by atoms with Crippen molar-refractivity contribution in [3.63, 3.8) is 0 Å². The molecule has 0 spiro atoms. The first kappa shape index (κ1) is 14.3. The predicted molar refractivity (Wildman–Crippen MR) is 62.0 cm³/mol. The molecule has 2 aromatic rings. The van der Waals surface area contributed by atoms with Crippen molar-refractivity contribution < 1.29 is 25.8 Å². The summed E-state index contributed by atoms with van der Waals surface area (Å²) in [5, 5.41) is 3.95. The summed E-state index contributed by atoms with van der Waals surface area (Å²) in [6.07, 6.45) is 2.66. The molecule has 20 heavy (non-hydrogen) atoms. The fourth-order valence-corrected chi connectivity index (χ4v) is 1.80. The monoisotopic (exact) mass is 307 g/mol. The predicted octanol–water partition coefficient (Wildman–Crippen LogP) is 1.71. The van der Waals surface area contributed by atoms with Crippen molar-refractivity contribution in [3.05, 3.63) is 30.6 Å². The number of rotatable bonds is 3. The van der Waals surface area contributed by atoms with Crippen LogP contribution in [0.5, 0.6) is 5.88 Å². The third kappa shape index (κ3) is 2.74. The van der Waals surface area contributed by atoms with Gasteiger partial charge in [-0.3, -0.25) is 4.68 Å². The van der Waals surface area contributed by atoms with E-state index >= 15 is 0 Å². The van der Waals surface area contributed by atoms with Crippen molar-refractivity contribution in [1.29, 1.82) is 0 Å². The second kappa shape index (κ2) is 4.78. The molecule has 0 aromatic carbocycles. The summed E-state index contributed by atoms with van der Waals surface area (Å²) < 4.78 is 64.3. The smallest absolute Gasteiger partial charge is 0.355 e. The fourth-order valence-electron chi connectivity index (χ4n) is 1.36. The number of nitrogens with zero attached hydrogens (tertiary/aromatic N) is 3. The van der Waals surface area contributed by atoms with E-state index in [4.69, 9.17) is 0 Å². The molecule has 0 aliphatic rings. The van der Waals surface area contributed by atoms with Gasteiger partial charge in [0, 0.05) is 19.4 Å². The second-order valence-electron chi connectivity index (χ2n) is 3.71. The minimum Gasteiger partial charge on any atom is -0.355 e. The second-order valence-corrected chi connectivity index (χ2v) is 5.25. The van der Waals surface area contributed by atoms with E-state index in [-0.39, 0.29) is 11.3 Å². The molecule has 2 aromatic heterocycles. The molecule has 0 radical (unpaired) electrons. The molecule has 0 aliphatic carbocycles. The molecule has 0 bridgehead atoms. The SMILES string of the molecule is Cn1ccc(-c2cccnc2OS(=O)(=O)C(F)(F)F)n1. The van der Waals surface area contributed by atoms with Gasteiger partial charge in [-0.1, -0.05) is 0 Å². The molecular weight excluding hydrogens is 299 g/mol. The first-order chi connectivity index (χ1) is 9.21. The van der Waals surface area contributed by atoms with Crippen LogP contribution in [0.15, 0.2) is 30.6 Å². The van der Waals surface area contributed by atoms with Crippen LogP contribution in [0, 0.1) is 0 Å². The van der Waals surface area contributed by atoms with Gasteiger partial charge >= 0.3 is 15.6 Å². The minimum atomic E-state index is -5.77. The third-order valence-electron chi connectivity index (χ3n) is 2.23. The van der Waals surface area contributed by atoms with E-state index in [0.717, 1.165) is 6.20 Å². The number of hydrogen-bond acceptors (Lipinski definition) is 5. The van der Waals surface area contributed by atoms with Gasteiger partial charge in [0.25, 0.3) is 0 Å². The Hall–Kier alpha value is -2.10. The molecule has 10 heteroatoms. The van der Waals surface area contributed by atoms with Crippen molar-refractivity contribution in [3.8, 4) is 17.1 Å². The van der Waals surface area contributed by atoms with Gasteiger partial charge in [0.1, 0.15) is 0 Å². The largest absolute Gasteiger partial charge is 0.534 e. The van der Waals surface area contributed by atoms with Gasteiger partial charge in [-0.05, 0) is 18.2 Å². The Bertz CT molecular complexity index is 725. The molecule has 0 aliphatic heterocycles. The number of alkyl halides is 3. The Morgan fingerprint density at radius 2 is 2.00 bits per heavy atom. The summed E-state index contributed by atoms with van der Waals surface area (Å²) >= 11 is 0. The van der Waals surface area contributed by atoms with E-state index in [9.17, 15) is 21.6 Å². The summed E-state index contributed by atoms with van der Waals surface area (Å²) in [7, 11) is -4.17. The standard InChI is InChI=1S/C10H8F3N3O3S/c1-16-6-4-8(15-16)7-3-2-5-14-9(7)19-20(17,18)10(11,12)13/h2-6H,1H3. The molecule has 0 fully saturated rings. The lowest BCUT2D eigenvalue weighted by atomic mass is 10.2. The summed E-state index contributed by atoms with van der Waals surface area (Å²) in [4.78, 5) is 3.51. The highest BCUT2D eigenvalue weighted by molar-refractivity contribution is 7.88. The van der Waals surface area contributed by atoms with Gasteiger partial charge in [-0.15, -0.1) is 0 Å². The summed E-state index contributed by atoms with van der Waals surface area (Å²) in [6.45, 7) is 0. The van der Waals surface area contributed by atoms with Crippen LogP contribution in [-0.2, 0) is 17.2 Å². The highest BCUT2D eigenvalue weighted by Crippen LogP contribution is 2.31. The quantitative estimate of drug-likeness (QED) is 0.637.